The maximum atomic E-state index is 13.2. The first-order chi connectivity index (χ1) is 12.7. The van der Waals surface area contributed by atoms with Crippen LogP contribution in [0.2, 0.25) is 0 Å². The van der Waals surface area contributed by atoms with Crippen LogP contribution in [-0.4, -0.2) is 36.5 Å². The van der Waals surface area contributed by atoms with E-state index >= 15 is 0 Å². The van der Waals surface area contributed by atoms with Crippen LogP contribution in [0.15, 0.2) is 30.3 Å². The summed E-state index contributed by atoms with van der Waals surface area (Å²) in [5, 5.41) is 1.52. The number of nitrogens with zero attached hydrogens (tertiary/aromatic N) is 2. The van der Waals surface area contributed by atoms with Crippen molar-refractivity contribution in [2.45, 2.75) is 63.8 Å². The van der Waals surface area contributed by atoms with Crippen LogP contribution in [0.5, 0.6) is 0 Å². The van der Waals surface area contributed by atoms with Crippen molar-refractivity contribution in [3.8, 4) is 0 Å². The average molecular weight is 357 g/mol. The van der Waals surface area contributed by atoms with Gasteiger partial charge < -0.3 is 4.90 Å². The first-order valence-electron chi connectivity index (χ1n) is 10.1. The van der Waals surface area contributed by atoms with Crippen LogP contribution in [0.25, 0.3) is 0 Å². The van der Waals surface area contributed by atoms with Gasteiger partial charge in [-0.3, -0.25) is 14.6 Å². The third-order valence-corrected chi connectivity index (χ3v) is 5.78. The molecular formula is C21H31N3O2. The molecule has 2 saturated carbocycles. The molecule has 3 rings (SSSR count). The van der Waals surface area contributed by atoms with Gasteiger partial charge in [0.1, 0.15) is 6.54 Å². The molecule has 2 aliphatic rings. The lowest BCUT2D eigenvalue weighted by molar-refractivity contribution is -0.141. The Morgan fingerprint density at radius 3 is 2.19 bits per heavy atom. The summed E-state index contributed by atoms with van der Waals surface area (Å²) in [6.45, 7) is 0.0945. The molecule has 0 bridgehead atoms. The SMILES string of the molecule is CNN(CC(=O)N(c1ccccc1)C1CCCCC1)C(=O)C1CCCC1. The summed E-state index contributed by atoms with van der Waals surface area (Å²) in [6, 6.07) is 10.1. The molecule has 2 aliphatic carbocycles. The first kappa shape index (κ1) is 18.9. The predicted octanol–water partition coefficient (Wildman–Crippen LogP) is 3.51. The summed E-state index contributed by atoms with van der Waals surface area (Å²) in [4.78, 5) is 27.9. The van der Waals surface area contributed by atoms with Crippen molar-refractivity contribution >= 4 is 17.5 Å². The zero-order valence-electron chi connectivity index (χ0n) is 15.8. The molecule has 2 fully saturated rings. The largest absolute Gasteiger partial charge is 0.308 e. The normalized spacial score (nSPS) is 18.7. The standard InChI is InChI=1S/C21H31N3O2/c1-22-23(21(26)17-10-8-9-11-17)16-20(25)24(18-12-4-2-5-13-18)19-14-6-3-7-15-19/h2,4-5,12-13,17,19,22H,3,6-11,14-16H2,1H3. The van der Waals surface area contributed by atoms with Gasteiger partial charge in [-0.1, -0.05) is 50.3 Å². The van der Waals surface area contributed by atoms with E-state index in [0.29, 0.717) is 0 Å². The molecule has 0 unspecified atom stereocenters. The number of hydrazine groups is 1. The van der Waals surface area contributed by atoms with Crippen LogP contribution in [0.1, 0.15) is 57.8 Å². The second kappa shape index (κ2) is 9.17. The summed E-state index contributed by atoms with van der Waals surface area (Å²) in [5.74, 6) is 0.133. The highest BCUT2D eigenvalue weighted by atomic mass is 16.2. The molecule has 0 aliphatic heterocycles. The van der Waals surface area contributed by atoms with Crippen LogP contribution >= 0.6 is 0 Å². The average Bonchev–Trinajstić information content (AvgIpc) is 3.22. The van der Waals surface area contributed by atoms with Crippen molar-refractivity contribution in [2.24, 2.45) is 5.92 Å². The Morgan fingerprint density at radius 1 is 0.962 bits per heavy atom. The number of para-hydroxylation sites is 1. The minimum absolute atomic E-state index is 0.00352. The molecular weight excluding hydrogens is 326 g/mol. The summed E-state index contributed by atoms with van der Waals surface area (Å²) in [5.41, 5.74) is 3.89. The van der Waals surface area contributed by atoms with Crippen molar-refractivity contribution in [2.75, 3.05) is 18.5 Å². The van der Waals surface area contributed by atoms with Gasteiger partial charge in [0.15, 0.2) is 0 Å². The second-order valence-electron chi connectivity index (χ2n) is 7.52. The van der Waals surface area contributed by atoms with Gasteiger partial charge in [-0.25, -0.2) is 5.43 Å². The Kier molecular flexibility index (Phi) is 6.67. The number of rotatable bonds is 6. The van der Waals surface area contributed by atoms with Gasteiger partial charge in [0.25, 0.3) is 0 Å². The molecule has 2 amide bonds. The zero-order chi connectivity index (χ0) is 18.4. The summed E-state index contributed by atoms with van der Waals surface area (Å²) in [7, 11) is 1.73. The highest BCUT2D eigenvalue weighted by Crippen LogP contribution is 2.29. The van der Waals surface area contributed by atoms with E-state index in [9.17, 15) is 9.59 Å². The van der Waals surface area contributed by atoms with Gasteiger partial charge in [-0.2, -0.15) is 0 Å². The van der Waals surface area contributed by atoms with Crippen LogP contribution < -0.4 is 10.3 Å². The number of hydrogen-bond donors (Lipinski definition) is 1. The van der Waals surface area contributed by atoms with Gasteiger partial charge in [0, 0.05) is 24.7 Å². The maximum absolute atomic E-state index is 13.2. The number of amides is 2. The van der Waals surface area contributed by atoms with Gasteiger partial charge in [-0.05, 0) is 37.8 Å². The number of carbonyl (C=O) groups is 2. The smallest absolute Gasteiger partial charge is 0.248 e. The van der Waals surface area contributed by atoms with Crippen molar-refractivity contribution in [1.82, 2.24) is 10.4 Å². The Labute approximate surface area is 156 Å². The summed E-state index contributed by atoms with van der Waals surface area (Å²) < 4.78 is 0. The van der Waals surface area contributed by atoms with E-state index in [1.54, 1.807) is 7.05 Å². The number of anilines is 1. The molecule has 0 atom stereocenters. The maximum Gasteiger partial charge on any atom is 0.248 e. The van der Waals surface area contributed by atoms with Crippen molar-refractivity contribution in [3.63, 3.8) is 0 Å². The third kappa shape index (κ3) is 4.44. The van der Waals surface area contributed by atoms with Gasteiger partial charge >= 0.3 is 0 Å². The van der Waals surface area contributed by atoms with Gasteiger partial charge in [0.05, 0.1) is 0 Å². The number of nitrogens with one attached hydrogen (secondary N) is 1. The molecule has 0 spiro atoms. The van der Waals surface area contributed by atoms with E-state index in [4.69, 9.17) is 0 Å². The van der Waals surface area contributed by atoms with Crippen molar-refractivity contribution in [1.29, 1.82) is 0 Å². The van der Waals surface area contributed by atoms with Crippen molar-refractivity contribution in [3.05, 3.63) is 30.3 Å². The zero-order valence-corrected chi connectivity index (χ0v) is 15.8. The van der Waals surface area contributed by atoms with Crippen LogP contribution in [0.3, 0.4) is 0 Å². The lowest BCUT2D eigenvalue weighted by Crippen LogP contribution is -2.52. The molecule has 26 heavy (non-hydrogen) atoms. The lowest BCUT2D eigenvalue weighted by Gasteiger charge is -2.36. The quantitative estimate of drug-likeness (QED) is 0.793. The minimum Gasteiger partial charge on any atom is -0.308 e. The van der Waals surface area contributed by atoms with E-state index < -0.39 is 0 Å². The number of hydrogen-bond acceptors (Lipinski definition) is 3. The Hall–Kier alpha value is -1.88. The fourth-order valence-corrected chi connectivity index (χ4v) is 4.36. The Morgan fingerprint density at radius 2 is 1.58 bits per heavy atom. The third-order valence-electron chi connectivity index (χ3n) is 5.78. The highest BCUT2D eigenvalue weighted by molar-refractivity contribution is 5.97. The Balaban J connectivity index is 1.74. The molecule has 1 aromatic rings. The van der Waals surface area contributed by atoms with Crippen LogP contribution in [0, 0.1) is 5.92 Å². The highest BCUT2D eigenvalue weighted by Gasteiger charge is 2.32. The first-order valence-corrected chi connectivity index (χ1v) is 10.1. The van der Waals surface area contributed by atoms with E-state index in [2.05, 4.69) is 5.43 Å². The molecule has 142 valence electrons. The molecule has 0 heterocycles. The number of carbonyl (C=O) groups excluding carboxylic acids is 2. The van der Waals surface area contributed by atoms with E-state index in [1.807, 2.05) is 35.2 Å². The monoisotopic (exact) mass is 357 g/mol. The van der Waals surface area contributed by atoms with E-state index in [1.165, 1.54) is 11.4 Å². The lowest BCUT2D eigenvalue weighted by atomic mass is 9.93. The van der Waals surface area contributed by atoms with E-state index in [0.717, 1.165) is 57.1 Å². The Bertz CT molecular complexity index is 593. The predicted molar refractivity (Wildman–Crippen MR) is 104 cm³/mol. The van der Waals surface area contributed by atoms with E-state index in [-0.39, 0.29) is 30.3 Å². The topological polar surface area (TPSA) is 52.7 Å². The molecule has 1 aromatic carbocycles. The second-order valence-corrected chi connectivity index (χ2v) is 7.52. The molecule has 1 N–H and O–H groups in total. The minimum atomic E-state index is 0.00352. The molecule has 0 aromatic heterocycles. The van der Waals surface area contributed by atoms with Gasteiger partial charge in [-0.15, -0.1) is 0 Å². The molecule has 0 radical (unpaired) electrons. The molecule has 5 heteroatoms. The van der Waals surface area contributed by atoms with Crippen molar-refractivity contribution < 1.29 is 9.59 Å². The number of benzene rings is 1. The molecule has 5 nitrogen and oxygen atoms in total. The summed E-state index contributed by atoms with van der Waals surface area (Å²) >= 11 is 0. The van der Waals surface area contributed by atoms with Gasteiger partial charge in [0.2, 0.25) is 11.8 Å². The van der Waals surface area contributed by atoms with Crippen LogP contribution in [0.4, 0.5) is 5.69 Å². The fraction of sp³-hybridized carbons (Fsp3) is 0.619. The summed E-state index contributed by atoms with van der Waals surface area (Å²) in [6.07, 6.45) is 9.76. The van der Waals surface area contributed by atoms with Crippen LogP contribution in [-0.2, 0) is 9.59 Å². The fourth-order valence-electron chi connectivity index (χ4n) is 4.36. The molecule has 0 saturated heterocycles.